The first-order chi connectivity index (χ1) is 6.67. The normalized spacial score (nSPS) is 29.4. The van der Waals surface area contributed by atoms with Gasteiger partial charge in [-0.05, 0) is 18.8 Å². The molecule has 1 nitrogen and oxygen atoms in total. The van der Waals surface area contributed by atoms with E-state index in [0.29, 0.717) is 0 Å². The zero-order valence-corrected chi connectivity index (χ0v) is 10.5. The van der Waals surface area contributed by atoms with Gasteiger partial charge in [0.15, 0.2) is 0 Å². The Kier molecular flexibility index (Phi) is 3.44. The molecule has 15 heavy (non-hydrogen) atoms. The third-order valence-electron chi connectivity index (χ3n) is 3.46. The molecule has 0 amide bonds. The zero-order chi connectivity index (χ0) is 11.9. The van der Waals surface area contributed by atoms with E-state index in [4.69, 9.17) is 0 Å². The average Bonchev–Trinajstić information content (AvgIpc) is 2.39. The topological polar surface area (TPSA) is 3.24 Å². The first-order valence-corrected chi connectivity index (χ1v) is 5.81. The molecule has 0 aliphatic carbocycles. The van der Waals surface area contributed by atoms with Crippen LogP contribution in [0.3, 0.4) is 0 Å². The van der Waals surface area contributed by atoms with Crippen LogP contribution in [-0.2, 0) is 0 Å². The smallest absolute Gasteiger partial charge is 0.262 e. The summed E-state index contributed by atoms with van der Waals surface area (Å²) in [5.74, 6) is -2.50. The number of hydrogen-bond donors (Lipinski definition) is 0. The zero-order valence-electron chi connectivity index (χ0n) is 10.5. The number of likely N-dealkylation sites (tertiary alicyclic amines) is 1. The highest BCUT2D eigenvalue weighted by molar-refractivity contribution is 4.97. The highest BCUT2D eigenvalue weighted by Crippen LogP contribution is 2.41. The molecule has 0 aromatic rings. The molecule has 1 rings (SSSR count). The lowest BCUT2D eigenvalue weighted by Gasteiger charge is -2.37. The van der Waals surface area contributed by atoms with Crippen LogP contribution in [0.5, 0.6) is 0 Å². The second kappa shape index (κ2) is 4.00. The Balaban J connectivity index is 2.84. The second-order valence-corrected chi connectivity index (χ2v) is 5.87. The van der Waals surface area contributed by atoms with E-state index >= 15 is 0 Å². The van der Waals surface area contributed by atoms with Gasteiger partial charge >= 0.3 is 0 Å². The van der Waals surface area contributed by atoms with E-state index in [2.05, 4.69) is 27.7 Å². The van der Waals surface area contributed by atoms with E-state index in [9.17, 15) is 8.78 Å². The van der Waals surface area contributed by atoms with E-state index < -0.39 is 5.92 Å². The standard InChI is InChI=1S/C12H23F2N/c1-6-9(2)15-8-12(13,14)7-10(15)11(3,4)5/h9-10H,6-8H2,1-5H3. The summed E-state index contributed by atoms with van der Waals surface area (Å²) >= 11 is 0. The molecule has 2 atom stereocenters. The molecule has 0 radical (unpaired) electrons. The summed E-state index contributed by atoms with van der Waals surface area (Å²) in [4.78, 5) is 1.99. The maximum absolute atomic E-state index is 13.4. The summed E-state index contributed by atoms with van der Waals surface area (Å²) < 4.78 is 26.9. The SMILES string of the molecule is CCC(C)N1CC(F)(F)CC1C(C)(C)C. The Morgan fingerprint density at radius 1 is 1.40 bits per heavy atom. The fraction of sp³-hybridized carbons (Fsp3) is 1.00. The van der Waals surface area contributed by atoms with Gasteiger partial charge in [0.25, 0.3) is 5.92 Å². The van der Waals surface area contributed by atoms with Gasteiger partial charge in [0.05, 0.1) is 6.54 Å². The van der Waals surface area contributed by atoms with E-state index in [1.54, 1.807) is 0 Å². The van der Waals surface area contributed by atoms with Gasteiger partial charge in [-0.3, -0.25) is 4.90 Å². The van der Waals surface area contributed by atoms with Crippen LogP contribution in [0.2, 0.25) is 0 Å². The quantitative estimate of drug-likeness (QED) is 0.686. The van der Waals surface area contributed by atoms with Crippen molar-refractivity contribution in [1.82, 2.24) is 4.90 Å². The highest BCUT2D eigenvalue weighted by atomic mass is 19.3. The minimum absolute atomic E-state index is 0.00227. The molecule has 0 bridgehead atoms. The summed E-state index contributed by atoms with van der Waals surface area (Å²) in [6.45, 7) is 10.2. The molecule has 0 spiro atoms. The van der Waals surface area contributed by atoms with Crippen LogP contribution in [0.25, 0.3) is 0 Å². The van der Waals surface area contributed by atoms with Gasteiger partial charge < -0.3 is 0 Å². The molecule has 1 fully saturated rings. The number of hydrogen-bond acceptors (Lipinski definition) is 1. The third-order valence-corrected chi connectivity index (χ3v) is 3.46. The van der Waals surface area contributed by atoms with Gasteiger partial charge in [-0.25, -0.2) is 8.78 Å². The number of alkyl halides is 2. The van der Waals surface area contributed by atoms with Gasteiger partial charge in [0.2, 0.25) is 0 Å². The minimum Gasteiger partial charge on any atom is -0.291 e. The van der Waals surface area contributed by atoms with Crippen LogP contribution in [0.4, 0.5) is 8.78 Å². The lowest BCUT2D eigenvalue weighted by molar-refractivity contribution is 0.00825. The van der Waals surface area contributed by atoms with Crippen molar-refractivity contribution in [2.24, 2.45) is 5.41 Å². The number of rotatable bonds is 2. The minimum atomic E-state index is -2.50. The summed E-state index contributed by atoms with van der Waals surface area (Å²) in [7, 11) is 0. The molecule has 1 aliphatic heterocycles. The molecule has 0 aromatic carbocycles. The van der Waals surface area contributed by atoms with Crippen molar-refractivity contribution in [3.8, 4) is 0 Å². The summed E-state index contributed by atoms with van der Waals surface area (Å²) in [6.07, 6.45) is 0.948. The first-order valence-electron chi connectivity index (χ1n) is 5.81. The lowest BCUT2D eigenvalue weighted by atomic mass is 9.84. The Hall–Kier alpha value is -0.180. The van der Waals surface area contributed by atoms with E-state index in [1.165, 1.54) is 0 Å². The molecule has 1 aliphatic rings. The maximum atomic E-state index is 13.4. The van der Waals surface area contributed by atoms with Crippen LogP contribution in [0.1, 0.15) is 47.5 Å². The van der Waals surface area contributed by atoms with Gasteiger partial charge in [0, 0.05) is 18.5 Å². The monoisotopic (exact) mass is 219 g/mol. The van der Waals surface area contributed by atoms with Crippen LogP contribution in [0.15, 0.2) is 0 Å². The highest BCUT2D eigenvalue weighted by Gasteiger charge is 2.49. The fourth-order valence-corrected chi connectivity index (χ4v) is 2.34. The molecule has 1 heterocycles. The van der Waals surface area contributed by atoms with E-state index in [0.717, 1.165) is 6.42 Å². The molecular formula is C12H23F2N. The molecule has 3 heteroatoms. The predicted molar refractivity (Wildman–Crippen MR) is 59.3 cm³/mol. The van der Waals surface area contributed by atoms with Gasteiger partial charge in [0.1, 0.15) is 0 Å². The second-order valence-electron chi connectivity index (χ2n) is 5.87. The van der Waals surface area contributed by atoms with Gasteiger partial charge in [-0.1, -0.05) is 27.7 Å². The molecule has 0 saturated carbocycles. The third kappa shape index (κ3) is 2.90. The number of nitrogens with zero attached hydrogens (tertiary/aromatic N) is 1. The molecule has 0 N–H and O–H groups in total. The van der Waals surface area contributed by atoms with Crippen LogP contribution < -0.4 is 0 Å². The average molecular weight is 219 g/mol. The predicted octanol–water partition coefficient (Wildman–Crippen LogP) is 3.54. The Bertz CT molecular complexity index is 220. The van der Waals surface area contributed by atoms with E-state index in [1.807, 2.05) is 11.8 Å². The molecule has 2 unspecified atom stereocenters. The van der Waals surface area contributed by atoms with Gasteiger partial charge in [-0.2, -0.15) is 0 Å². The molecule has 90 valence electrons. The fourth-order valence-electron chi connectivity index (χ4n) is 2.34. The summed E-state index contributed by atoms with van der Waals surface area (Å²) in [5, 5.41) is 0. The maximum Gasteiger partial charge on any atom is 0.262 e. The molecule has 1 saturated heterocycles. The van der Waals surface area contributed by atoms with Crippen molar-refractivity contribution in [2.75, 3.05) is 6.54 Å². The Morgan fingerprint density at radius 3 is 2.33 bits per heavy atom. The van der Waals surface area contributed by atoms with Crippen molar-refractivity contribution >= 4 is 0 Å². The molecular weight excluding hydrogens is 196 g/mol. The molecule has 0 aromatic heterocycles. The Morgan fingerprint density at radius 2 is 1.93 bits per heavy atom. The van der Waals surface area contributed by atoms with Gasteiger partial charge in [-0.15, -0.1) is 0 Å². The summed E-state index contributed by atoms with van der Waals surface area (Å²) in [5.41, 5.74) is -0.0661. The first kappa shape index (κ1) is 12.9. The van der Waals surface area contributed by atoms with Crippen LogP contribution in [-0.4, -0.2) is 29.5 Å². The van der Waals surface area contributed by atoms with Crippen molar-refractivity contribution in [1.29, 1.82) is 0 Å². The van der Waals surface area contributed by atoms with E-state index in [-0.39, 0.29) is 30.5 Å². The van der Waals surface area contributed by atoms with Crippen molar-refractivity contribution in [3.63, 3.8) is 0 Å². The van der Waals surface area contributed by atoms with Crippen LogP contribution in [0, 0.1) is 5.41 Å². The summed E-state index contributed by atoms with van der Waals surface area (Å²) in [6, 6.07) is 0.255. The largest absolute Gasteiger partial charge is 0.291 e. The Labute approximate surface area is 91.8 Å². The lowest BCUT2D eigenvalue weighted by Crippen LogP contribution is -2.44. The van der Waals surface area contributed by atoms with Crippen LogP contribution >= 0.6 is 0 Å². The van der Waals surface area contributed by atoms with Crippen molar-refractivity contribution in [2.45, 2.75) is 65.5 Å². The number of halogens is 2. The van der Waals surface area contributed by atoms with Crippen molar-refractivity contribution in [3.05, 3.63) is 0 Å². The van der Waals surface area contributed by atoms with Crippen molar-refractivity contribution < 1.29 is 8.78 Å².